The average Bonchev–Trinajstić information content (AvgIpc) is 2.53. The lowest BCUT2D eigenvalue weighted by molar-refractivity contribution is -0.132. The van der Waals surface area contributed by atoms with Crippen LogP contribution in [0.15, 0.2) is 12.2 Å². The van der Waals surface area contributed by atoms with E-state index in [0.29, 0.717) is 21.6 Å². The van der Waals surface area contributed by atoms with E-state index in [4.69, 9.17) is 5.11 Å². The number of unbranched alkanes of at least 4 members (excludes halogenated alkanes) is 8. The summed E-state index contributed by atoms with van der Waals surface area (Å²) in [5.74, 6) is -0.859. The zero-order valence-corrected chi connectivity index (χ0v) is 17.8. The van der Waals surface area contributed by atoms with Crippen LogP contribution in [0.2, 0.25) is 0 Å². The Morgan fingerprint density at radius 1 is 0.870 bits per heavy atom. The molecular formula is C19H34Br2O2. The van der Waals surface area contributed by atoms with Gasteiger partial charge in [-0.25, -0.2) is 4.79 Å². The molecule has 2 nitrogen and oxygen atoms in total. The van der Waals surface area contributed by atoms with Crippen LogP contribution in [0.1, 0.15) is 90.4 Å². The van der Waals surface area contributed by atoms with Crippen LogP contribution >= 0.6 is 31.9 Å². The third-order valence-electron chi connectivity index (χ3n) is 4.24. The number of carboxylic acids is 1. The number of alkyl halides is 2. The van der Waals surface area contributed by atoms with Crippen molar-refractivity contribution in [2.75, 3.05) is 0 Å². The molecule has 0 rings (SSSR count). The fraction of sp³-hybridized carbons (Fsp3) is 0.842. The second kappa shape index (κ2) is 15.7. The summed E-state index contributed by atoms with van der Waals surface area (Å²) in [5.41, 5.74) is 0.336. The van der Waals surface area contributed by atoms with E-state index < -0.39 is 5.97 Å². The minimum atomic E-state index is -0.859. The molecule has 0 aliphatic rings. The maximum Gasteiger partial charge on any atom is 0.330 e. The molecule has 0 unspecified atom stereocenters. The van der Waals surface area contributed by atoms with Crippen molar-refractivity contribution in [2.24, 2.45) is 0 Å². The Morgan fingerprint density at radius 3 is 1.78 bits per heavy atom. The summed E-state index contributed by atoms with van der Waals surface area (Å²) in [7, 11) is 0. The largest absolute Gasteiger partial charge is 0.478 e. The van der Waals surface area contributed by atoms with E-state index in [1.165, 1.54) is 64.2 Å². The van der Waals surface area contributed by atoms with Crippen LogP contribution in [0.25, 0.3) is 0 Å². The Hall–Kier alpha value is 0.170. The van der Waals surface area contributed by atoms with Crippen molar-refractivity contribution < 1.29 is 9.90 Å². The number of hydrogen-bond donors (Lipinski definition) is 1. The van der Waals surface area contributed by atoms with Gasteiger partial charge >= 0.3 is 5.97 Å². The number of hydrogen-bond acceptors (Lipinski definition) is 1. The van der Waals surface area contributed by atoms with Crippen LogP contribution in [0.5, 0.6) is 0 Å². The first-order chi connectivity index (χ1) is 11.0. The maximum atomic E-state index is 10.6. The fourth-order valence-corrected chi connectivity index (χ4v) is 3.80. The average molecular weight is 454 g/mol. The van der Waals surface area contributed by atoms with Crippen molar-refractivity contribution in [3.8, 4) is 0 Å². The number of aliphatic carboxylic acids is 1. The van der Waals surface area contributed by atoms with E-state index in [1.807, 2.05) is 0 Å². The highest BCUT2D eigenvalue weighted by Crippen LogP contribution is 2.25. The highest BCUT2D eigenvalue weighted by atomic mass is 79.9. The molecule has 0 saturated carbocycles. The SMILES string of the molecule is C=C(CCCCCC[C@H](Br)[C@H](Br)CCCCCCCC)C(=O)O. The molecule has 0 aliphatic heterocycles. The van der Waals surface area contributed by atoms with Gasteiger partial charge in [0.15, 0.2) is 0 Å². The summed E-state index contributed by atoms with van der Waals surface area (Å²) in [6, 6.07) is 0. The minimum Gasteiger partial charge on any atom is -0.478 e. The molecule has 0 fully saturated rings. The second-order valence-corrected chi connectivity index (χ2v) is 8.80. The van der Waals surface area contributed by atoms with Crippen molar-refractivity contribution in [3.63, 3.8) is 0 Å². The van der Waals surface area contributed by atoms with Crippen LogP contribution in [0.3, 0.4) is 0 Å². The van der Waals surface area contributed by atoms with E-state index in [9.17, 15) is 4.79 Å². The number of carbonyl (C=O) groups is 1. The Balaban J connectivity index is 3.48. The van der Waals surface area contributed by atoms with Gasteiger partial charge in [-0.2, -0.15) is 0 Å². The molecule has 0 amide bonds. The van der Waals surface area contributed by atoms with Crippen LogP contribution < -0.4 is 0 Å². The molecule has 136 valence electrons. The van der Waals surface area contributed by atoms with Crippen molar-refractivity contribution in [3.05, 3.63) is 12.2 Å². The Bertz CT molecular complexity index is 318. The Kier molecular flexibility index (Phi) is 15.8. The van der Waals surface area contributed by atoms with Crippen LogP contribution in [0.4, 0.5) is 0 Å². The summed E-state index contributed by atoms with van der Waals surface area (Å²) in [4.78, 5) is 11.8. The van der Waals surface area contributed by atoms with Gasteiger partial charge in [-0.1, -0.05) is 103 Å². The molecule has 0 radical (unpaired) electrons. The Morgan fingerprint density at radius 2 is 1.30 bits per heavy atom. The smallest absolute Gasteiger partial charge is 0.330 e. The second-order valence-electron chi connectivity index (χ2n) is 6.45. The van der Waals surface area contributed by atoms with E-state index in [-0.39, 0.29) is 0 Å². The Labute approximate surface area is 159 Å². The van der Waals surface area contributed by atoms with Gasteiger partial charge in [0, 0.05) is 15.2 Å². The predicted molar refractivity (Wildman–Crippen MR) is 108 cm³/mol. The zero-order chi connectivity index (χ0) is 17.5. The monoisotopic (exact) mass is 452 g/mol. The third-order valence-corrected chi connectivity index (χ3v) is 7.14. The highest BCUT2D eigenvalue weighted by Gasteiger charge is 2.14. The summed E-state index contributed by atoms with van der Waals surface area (Å²) >= 11 is 7.63. The van der Waals surface area contributed by atoms with E-state index in [0.717, 1.165) is 12.8 Å². The lowest BCUT2D eigenvalue weighted by Crippen LogP contribution is -2.13. The molecule has 0 aromatic rings. The van der Waals surface area contributed by atoms with Crippen molar-refractivity contribution in [1.82, 2.24) is 0 Å². The van der Waals surface area contributed by atoms with Gasteiger partial charge in [-0.05, 0) is 25.7 Å². The first-order valence-corrected chi connectivity index (χ1v) is 11.0. The normalized spacial score (nSPS) is 13.7. The van der Waals surface area contributed by atoms with Crippen molar-refractivity contribution in [2.45, 2.75) is 100 Å². The molecule has 0 aromatic carbocycles. The van der Waals surface area contributed by atoms with E-state index in [1.54, 1.807) is 0 Å². The van der Waals surface area contributed by atoms with Crippen molar-refractivity contribution >= 4 is 37.8 Å². The summed E-state index contributed by atoms with van der Waals surface area (Å²) in [5, 5.41) is 8.74. The minimum absolute atomic E-state index is 0.336. The lowest BCUT2D eigenvalue weighted by Gasteiger charge is -2.16. The lowest BCUT2D eigenvalue weighted by atomic mass is 10.0. The molecular weight excluding hydrogens is 420 g/mol. The first kappa shape index (κ1) is 23.2. The summed E-state index contributed by atoms with van der Waals surface area (Å²) in [6.07, 6.45) is 15.6. The first-order valence-electron chi connectivity index (χ1n) is 9.18. The van der Waals surface area contributed by atoms with Gasteiger partial charge in [0.1, 0.15) is 0 Å². The molecule has 4 heteroatoms. The number of carboxylic acid groups (broad SMARTS) is 1. The maximum absolute atomic E-state index is 10.6. The summed E-state index contributed by atoms with van der Waals surface area (Å²) in [6.45, 7) is 5.82. The standard InChI is InChI=1S/C19H34Br2O2/c1-3-4-5-6-7-11-14-17(20)18(21)15-12-9-8-10-13-16(2)19(22)23/h17-18H,2-15H2,1H3,(H,22,23)/t17-,18+/m1/s1. The highest BCUT2D eigenvalue weighted by molar-refractivity contribution is 9.12. The van der Waals surface area contributed by atoms with Crippen LogP contribution in [-0.4, -0.2) is 20.7 Å². The van der Waals surface area contributed by atoms with Gasteiger partial charge in [-0.15, -0.1) is 0 Å². The molecule has 0 aromatic heterocycles. The number of halogens is 2. The van der Waals surface area contributed by atoms with Crippen LogP contribution in [0, 0.1) is 0 Å². The predicted octanol–water partition coefficient (Wildman–Crippen LogP) is 7.25. The molecule has 23 heavy (non-hydrogen) atoms. The molecule has 0 saturated heterocycles. The van der Waals surface area contributed by atoms with Gasteiger partial charge in [0.2, 0.25) is 0 Å². The van der Waals surface area contributed by atoms with Gasteiger partial charge in [-0.3, -0.25) is 0 Å². The molecule has 2 atom stereocenters. The summed E-state index contributed by atoms with van der Waals surface area (Å²) < 4.78 is 0. The molecule has 0 bridgehead atoms. The zero-order valence-electron chi connectivity index (χ0n) is 14.7. The van der Waals surface area contributed by atoms with E-state index in [2.05, 4.69) is 45.4 Å². The van der Waals surface area contributed by atoms with Gasteiger partial charge in [0.05, 0.1) is 0 Å². The topological polar surface area (TPSA) is 37.3 Å². The molecule has 0 spiro atoms. The van der Waals surface area contributed by atoms with Crippen LogP contribution in [-0.2, 0) is 4.79 Å². The van der Waals surface area contributed by atoms with Gasteiger partial charge in [0.25, 0.3) is 0 Å². The quantitative estimate of drug-likeness (QED) is 0.152. The van der Waals surface area contributed by atoms with Crippen molar-refractivity contribution in [1.29, 1.82) is 0 Å². The fourth-order valence-electron chi connectivity index (χ4n) is 2.62. The molecule has 0 heterocycles. The molecule has 1 N–H and O–H groups in total. The third kappa shape index (κ3) is 14.2. The molecule has 0 aliphatic carbocycles. The number of rotatable bonds is 16. The van der Waals surface area contributed by atoms with Gasteiger partial charge < -0.3 is 5.11 Å². The van der Waals surface area contributed by atoms with E-state index >= 15 is 0 Å².